The molecule has 1 aromatic rings. The molecule has 114 valence electrons. The number of nitrogens with two attached hydrogens (primary N) is 1. The van der Waals surface area contributed by atoms with Crippen molar-refractivity contribution < 1.29 is 9.53 Å². The molecule has 0 aromatic heterocycles. The fourth-order valence-electron chi connectivity index (χ4n) is 1.61. The number of aryl methyl sites for hydroxylation is 2. The summed E-state index contributed by atoms with van der Waals surface area (Å²) in [5.41, 5.74) is 7.42. The topological polar surface area (TPSA) is 64.3 Å². The van der Waals surface area contributed by atoms with Crippen LogP contribution in [0.5, 0.6) is 5.75 Å². The molecule has 0 heterocycles. The molecule has 1 aromatic carbocycles. The van der Waals surface area contributed by atoms with Crippen LogP contribution in [0.1, 0.15) is 31.4 Å². The SMILES string of the molecule is Cc1ccc(C)c(OCCC(=O)NC(C)(C)CN)c1.Cl. The van der Waals surface area contributed by atoms with Gasteiger partial charge in [0, 0.05) is 12.1 Å². The molecule has 0 unspecified atom stereocenters. The summed E-state index contributed by atoms with van der Waals surface area (Å²) >= 11 is 0. The Hall–Kier alpha value is -1.26. The Labute approximate surface area is 127 Å². The zero-order valence-electron chi connectivity index (χ0n) is 12.7. The van der Waals surface area contributed by atoms with Gasteiger partial charge in [-0.1, -0.05) is 12.1 Å². The van der Waals surface area contributed by atoms with Gasteiger partial charge in [-0.25, -0.2) is 0 Å². The molecule has 0 saturated heterocycles. The highest BCUT2D eigenvalue weighted by atomic mass is 35.5. The predicted molar refractivity (Wildman–Crippen MR) is 84.6 cm³/mol. The molecule has 0 radical (unpaired) electrons. The van der Waals surface area contributed by atoms with Crippen molar-refractivity contribution in [1.82, 2.24) is 5.32 Å². The summed E-state index contributed by atoms with van der Waals surface area (Å²) in [4.78, 5) is 11.7. The molecule has 0 aliphatic rings. The zero-order chi connectivity index (χ0) is 14.5. The Morgan fingerprint density at radius 3 is 2.60 bits per heavy atom. The predicted octanol–water partition coefficient (Wildman–Crippen LogP) is 2.35. The molecular formula is C15H25ClN2O2. The van der Waals surface area contributed by atoms with Crippen LogP contribution in [0.25, 0.3) is 0 Å². The van der Waals surface area contributed by atoms with Crippen LogP contribution in [-0.4, -0.2) is 24.6 Å². The van der Waals surface area contributed by atoms with E-state index in [1.807, 2.05) is 45.9 Å². The lowest BCUT2D eigenvalue weighted by molar-refractivity contribution is -0.123. The van der Waals surface area contributed by atoms with Crippen molar-refractivity contribution in [3.8, 4) is 5.75 Å². The molecule has 0 fully saturated rings. The van der Waals surface area contributed by atoms with Crippen molar-refractivity contribution in [3.63, 3.8) is 0 Å². The number of amides is 1. The van der Waals surface area contributed by atoms with E-state index < -0.39 is 0 Å². The molecule has 0 atom stereocenters. The molecule has 0 aliphatic carbocycles. The molecule has 5 heteroatoms. The molecule has 1 amide bonds. The Kier molecular flexibility index (Phi) is 7.61. The lowest BCUT2D eigenvalue weighted by Gasteiger charge is -2.24. The van der Waals surface area contributed by atoms with E-state index in [2.05, 4.69) is 5.32 Å². The maximum absolute atomic E-state index is 11.7. The largest absolute Gasteiger partial charge is 0.493 e. The van der Waals surface area contributed by atoms with Crippen LogP contribution in [0.3, 0.4) is 0 Å². The standard InChI is InChI=1S/C15H24N2O2.ClH/c1-11-5-6-12(2)13(9-11)19-8-7-14(18)17-15(3,4)10-16;/h5-6,9H,7-8,10,16H2,1-4H3,(H,17,18);1H. The monoisotopic (exact) mass is 300 g/mol. The number of halogens is 1. The van der Waals surface area contributed by atoms with Crippen LogP contribution in [-0.2, 0) is 4.79 Å². The van der Waals surface area contributed by atoms with Crippen molar-refractivity contribution in [2.24, 2.45) is 5.73 Å². The van der Waals surface area contributed by atoms with Crippen molar-refractivity contribution >= 4 is 18.3 Å². The van der Waals surface area contributed by atoms with Gasteiger partial charge >= 0.3 is 0 Å². The third kappa shape index (κ3) is 6.26. The van der Waals surface area contributed by atoms with Crippen molar-refractivity contribution in [2.75, 3.05) is 13.2 Å². The number of carbonyl (C=O) groups is 1. The Balaban J connectivity index is 0.00000361. The number of hydrogen-bond acceptors (Lipinski definition) is 3. The Bertz CT molecular complexity index is 447. The van der Waals surface area contributed by atoms with Gasteiger partial charge in [-0.3, -0.25) is 4.79 Å². The second-order valence-electron chi connectivity index (χ2n) is 5.50. The van der Waals surface area contributed by atoms with Crippen LogP contribution < -0.4 is 15.8 Å². The summed E-state index contributed by atoms with van der Waals surface area (Å²) in [5, 5.41) is 2.87. The highest BCUT2D eigenvalue weighted by Gasteiger charge is 2.17. The van der Waals surface area contributed by atoms with Gasteiger partial charge in [-0.2, -0.15) is 0 Å². The Morgan fingerprint density at radius 2 is 2.00 bits per heavy atom. The zero-order valence-corrected chi connectivity index (χ0v) is 13.5. The minimum atomic E-state index is -0.365. The fourth-order valence-corrected chi connectivity index (χ4v) is 1.61. The van der Waals surface area contributed by atoms with Gasteiger partial charge < -0.3 is 15.8 Å². The minimum absolute atomic E-state index is 0. The van der Waals surface area contributed by atoms with E-state index in [1.54, 1.807) is 0 Å². The maximum atomic E-state index is 11.7. The molecule has 4 nitrogen and oxygen atoms in total. The van der Waals surface area contributed by atoms with Gasteiger partial charge in [0.25, 0.3) is 0 Å². The van der Waals surface area contributed by atoms with E-state index in [0.717, 1.165) is 16.9 Å². The average Bonchev–Trinajstić information content (AvgIpc) is 2.33. The highest BCUT2D eigenvalue weighted by molar-refractivity contribution is 5.85. The number of hydrogen-bond donors (Lipinski definition) is 2. The lowest BCUT2D eigenvalue weighted by Crippen LogP contribution is -2.49. The van der Waals surface area contributed by atoms with Gasteiger partial charge in [-0.15, -0.1) is 12.4 Å². The number of nitrogens with one attached hydrogen (secondary N) is 1. The summed E-state index contributed by atoms with van der Waals surface area (Å²) in [7, 11) is 0. The molecule has 3 N–H and O–H groups in total. The maximum Gasteiger partial charge on any atom is 0.223 e. The third-order valence-electron chi connectivity index (χ3n) is 2.92. The van der Waals surface area contributed by atoms with E-state index in [9.17, 15) is 4.79 Å². The minimum Gasteiger partial charge on any atom is -0.493 e. The fraction of sp³-hybridized carbons (Fsp3) is 0.533. The highest BCUT2D eigenvalue weighted by Crippen LogP contribution is 2.19. The van der Waals surface area contributed by atoms with E-state index in [1.165, 1.54) is 0 Å². The van der Waals surface area contributed by atoms with Gasteiger partial charge in [0.2, 0.25) is 5.91 Å². The molecule has 0 bridgehead atoms. The van der Waals surface area contributed by atoms with E-state index in [0.29, 0.717) is 19.6 Å². The summed E-state index contributed by atoms with van der Waals surface area (Å²) in [5.74, 6) is 0.798. The summed E-state index contributed by atoms with van der Waals surface area (Å²) in [6, 6.07) is 6.04. The second-order valence-corrected chi connectivity index (χ2v) is 5.50. The van der Waals surface area contributed by atoms with Crippen molar-refractivity contribution in [2.45, 2.75) is 39.7 Å². The first-order valence-corrected chi connectivity index (χ1v) is 6.55. The molecule has 0 saturated carbocycles. The number of benzene rings is 1. The van der Waals surface area contributed by atoms with Crippen LogP contribution >= 0.6 is 12.4 Å². The van der Waals surface area contributed by atoms with Crippen LogP contribution in [0.15, 0.2) is 18.2 Å². The van der Waals surface area contributed by atoms with Crippen LogP contribution in [0, 0.1) is 13.8 Å². The number of carbonyl (C=O) groups excluding carboxylic acids is 1. The van der Waals surface area contributed by atoms with Crippen molar-refractivity contribution in [1.29, 1.82) is 0 Å². The molecule has 0 aliphatic heterocycles. The normalized spacial score (nSPS) is 10.7. The first-order valence-electron chi connectivity index (χ1n) is 6.55. The van der Waals surface area contributed by atoms with E-state index in [4.69, 9.17) is 10.5 Å². The van der Waals surface area contributed by atoms with Crippen molar-refractivity contribution in [3.05, 3.63) is 29.3 Å². The summed E-state index contributed by atoms with van der Waals surface area (Å²) < 4.78 is 5.64. The lowest BCUT2D eigenvalue weighted by atomic mass is 10.1. The van der Waals surface area contributed by atoms with Crippen LogP contribution in [0.2, 0.25) is 0 Å². The van der Waals surface area contributed by atoms with Gasteiger partial charge in [0.15, 0.2) is 0 Å². The first kappa shape index (κ1) is 18.7. The van der Waals surface area contributed by atoms with E-state index in [-0.39, 0.29) is 23.9 Å². The summed E-state index contributed by atoms with van der Waals surface area (Å²) in [6.07, 6.45) is 0.330. The molecule has 1 rings (SSSR count). The third-order valence-corrected chi connectivity index (χ3v) is 2.92. The molecular weight excluding hydrogens is 276 g/mol. The molecule has 20 heavy (non-hydrogen) atoms. The summed E-state index contributed by atoms with van der Waals surface area (Å²) in [6.45, 7) is 8.59. The quantitative estimate of drug-likeness (QED) is 0.847. The van der Waals surface area contributed by atoms with Gasteiger partial charge in [0.1, 0.15) is 5.75 Å². The van der Waals surface area contributed by atoms with Crippen LogP contribution in [0.4, 0.5) is 0 Å². The number of rotatable bonds is 6. The van der Waals surface area contributed by atoms with E-state index >= 15 is 0 Å². The van der Waals surface area contributed by atoms with Gasteiger partial charge in [0.05, 0.1) is 13.0 Å². The number of ether oxygens (including phenoxy) is 1. The second kappa shape index (κ2) is 8.12. The molecule has 0 spiro atoms. The smallest absolute Gasteiger partial charge is 0.223 e. The average molecular weight is 301 g/mol. The Morgan fingerprint density at radius 1 is 1.35 bits per heavy atom. The van der Waals surface area contributed by atoms with Gasteiger partial charge in [-0.05, 0) is 44.9 Å². The first-order chi connectivity index (χ1) is 8.84.